The Balaban J connectivity index is 2.28. The number of likely N-dealkylation sites (tertiary alicyclic amines) is 1. The van der Waals surface area contributed by atoms with Crippen molar-refractivity contribution in [3.63, 3.8) is 0 Å². The zero-order valence-electron chi connectivity index (χ0n) is 10.7. The van der Waals surface area contributed by atoms with Crippen molar-refractivity contribution in [2.24, 2.45) is 0 Å². The number of halogens is 2. The first-order valence-corrected chi connectivity index (χ1v) is 7.11. The van der Waals surface area contributed by atoms with Crippen LogP contribution in [-0.2, 0) is 4.79 Å². The Morgan fingerprint density at radius 2 is 2.05 bits per heavy atom. The lowest BCUT2D eigenvalue weighted by atomic mass is 10.1. The second-order valence-electron chi connectivity index (χ2n) is 4.70. The average Bonchev–Trinajstić information content (AvgIpc) is 2.66. The molecular formula is C13H14Cl2N2O3. The quantitative estimate of drug-likeness (QED) is 0.852. The third-order valence-corrected chi connectivity index (χ3v) is 4.03. The topological polar surface area (TPSA) is 70.5 Å². The number of aliphatic carboxylic acids is 1. The Hall–Kier alpha value is -1.33. The molecule has 20 heavy (non-hydrogen) atoms. The molecule has 1 aromatic heterocycles. The summed E-state index contributed by atoms with van der Waals surface area (Å²) in [5.74, 6) is -1.35. The molecule has 2 rings (SSSR count). The van der Waals surface area contributed by atoms with E-state index in [0.29, 0.717) is 13.0 Å². The number of carboxylic acid groups (broad SMARTS) is 1. The van der Waals surface area contributed by atoms with Gasteiger partial charge in [0.1, 0.15) is 11.2 Å². The average molecular weight is 317 g/mol. The first kappa shape index (κ1) is 15.1. The van der Waals surface area contributed by atoms with Crippen LogP contribution >= 0.6 is 23.2 Å². The summed E-state index contributed by atoms with van der Waals surface area (Å²) in [6.07, 6.45) is 4.31. The molecule has 0 bridgehead atoms. The Morgan fingerprint density at radius 1 is 1.30 bits per heavy atom. The number of carbonyl (C=O) groups excluding carboxylic acids is 1. The zero-order valence-corrected chi connectivity index (χ0v) is 12.2. The number of amides is 1. The number of hydrogen-bond acceptors (Lipinski definition) is 3. The Morgan fingerprint density at radius 3 is 2.70 bits per heavy atom. The summed E-state index contributed by atoms with van der Waals surface area (Å²) in [6, 6.07) is 0.627. The summed E-state index contributed by atoms with van der Waals surface area (Å²) in [5.41, 5.74) is 0.257. The smallest absolute Gasteiger partial charge is 0.326 e. The molecule has 0 aromatic carbocycles. The van der Waals surface area contributed by atoms with Gasteiger partial charge in [-0.15, -0.1) is 0 Å². The Labute approximate surface area is 126 Å². The molecular weight excluding hydrogens is 303 g/mol. The summed E-state index contributed by atoms with van der Waals surface area (Å²) in [5, 5.41) is 9.57. The lowest BCUT2D eigenvalue weighted by Crippen LogP contribution is -2.44. The van der Waals surface area contributed by atoms with E-state index in [1.165, 1.54) is 17.2 Å². The van der Waals surface area contributed by atoms with Crippen molar-refractivity contribution in [3.8, 4) is 0 Å². The SMILES string of the molecule is O=C(O)C1CCCCCN1C(=O)c1cnc(Cl)c(Cl)c1. The van der Waals surface area contributed by atoms with Crippen molar-refractivity contribution in [1.29, 1.82) is 0 Å². The molecule has 1 atom stereocenters. The van der Waals surface area contributed by atoms with Crippen LogP contribution in [0.2, 0.25) is 10.2 Å². The second-order valence-corrected chi connectivity index (χ2v) is 5.46. The Bertz CT molecular complexity index is 536. The van der Waals surface area contributed by atoms with Crippen molar-refractivity contribution >= 4 is 35.1 Å². The number of carboxylic acids is 1. The molecule has 1 N–H and O–H groups in total. The minimum Gasteiger partial charge on any atom is -0.480 e. The van der Waals surface area contributed by atoms with Crippen LogP contribution < -0.4 is 0 Å². The summed E-state index contributed by atoms with van der Waals surface area (Å²) in [7, 11) is 0. The molecule has 1 amide bonds. The van der Waals surface area contributed by atoms with Crippen LogP contribution in [0.25, 0.3) is 0 Å². The second kappa shape index (κ2) is 6.41. The molecule has 108 valence electrons. The number of carbonyl (C=O) groups is 2. The van der Waals surface area contributed by atoms with Gasteiger partial charge in [0.25, 0.3) is 5.91 Å². The van der Waals surface area contributed by atoms with Crippen LogP contribution in [0.5, 0.6) is 0 Å². The van der Waals surface area contributed by atoms with E-state index in [2.05, 4.69) is 4.98 Å². The number of nitrogens with zero attached hydrogens (tertiary/aromatic N) is 2. The zero-order chi connectivity index (χ0) is 14.7. The minimum atomic E-state index is -0.978. The molecule has 0 radical (unpaired) electrons. The molecule has 1 unspecified atom stereocenters. The van der Waals surface area contributed by atoms with Crippen molar-refractivity contribution in [1.82, 2.24) is 9.88 Å². The van der Waals surface area contributed by atoms with Crippen molar-refractivity contribution in [2.75, 3.05) is 6.54 Å². The van der Waals surface area contributed by atoms with Gasteiger partial charge in [-0.2, -0.15) is 0 Å². The molecule has 2 heterocycles. The summed E-state index contributed by atoms with van der Waals surface area (Å²) in [6.45, 7) is 0.427. The number of pyridine rings is 1. The minimum absolute atomic E-state index is 0.119. The Kier molecular flexibility index (Phi) is 4.83. The van der Waals surface area contributed by atoms with E-state index in [-0.39, 0.29) is 21.6 Å². The lowest BCUT2D eigenvalue weighted by Gasteiger charge is -2.26. The standard InChI is InChI=1S/C13H14Cl2N2O3/c14-9-6-8(7-16-11(9)15)12(18)17-5-3-1-2-4-10(17)13(19)20/h6-7,10H,1-5H2,(H,19,20). The monoisotopic (exact) mass is 316 g/mol. The number of rotatable bonds is 2. The molecule has 1 fully saturated rings. The van der Waals surface area contributed by atoms with Crippen molar-refractivity contribution in [2.45, 2.75) is 31.7 Å². The van der Waals surface area contributed by atoms with Gasteiger partial charge in [0.2, 0.25) is 0 Å². The highest BCUT2D eigenvalue weighted by Crippen LogP contribution is 2.23. The molecule has 1 aromatic rings. The summed E-state index contributed by atoms with van der Waals surface area (Å²) >= 11 is 11.6. The molecule has 1 aliphatic rings. The van der Waals surface area contributed by atoms with Crippen LogP contribution in [0, 0.1) is 0 Å². The molecule has 1 saturated heterocycles. The van der Waals surface area contributed by atoms with E-state index in [1.807, 2.05) is 0 Å². The highest BCUT2D eigenvalue weighted by molar-refractivity contribution is 6.41. The molecule has 5 nitrogen and oxygen atoms in total. The van der Waals surface area contributed by atoms with Crippen LogP contribution in [0.15, 0.2) is 12.3 Å². The van der Waals surface area contributed by atoms with Crippen molar-refractivity contribution < 1.29 is 14.7 Å². The van der Waals surface area contributed by atoms with E-state index in [1.54, 1.807) is 0 Å². The molecule has 0 aliphatic carbocycles. The van der Waals surface area contributed by atoms with Gasteiger partial charge in [0.05, 0.1) is 10.6 Å². The van der Waals surface area contributed by atoms with Crippen LogP contribution in [0.4, 0.5) is 0 Å². The van der Waals surface area contributed by atoms with Gasteiger partial charge < -0.3 is 10.0 Å². The van der Waals surface area contributed by atoms with Gasteiger partial charge in [-0.3, -0.25) is 4.79 Å². The normalized spacial score (nSPS) is 19.5. The lowest BCUT2D eigenvalue weighted by molar-refractivity contribution is -0.142. The molecule has 0 spiro atoms. The van der Waals surface area contributed by atoms with E-state index >= 15 is 0 Å². The van der Waals surface area contributed by atoms with Gasteiger partial charge in [-0.1, -0.05) is 36.0 Å². The highest BCUT2D eigenvalue weighted by Gasteiger charge is 2.31. The number of hydrogen-bond donors (Lipinski definition) is 1. The van der Waals surface area contributed by atoms with E-state index in [9.17, 15) is 14.7 Å². The van der Waals surface area contributed by atoms with Gasteiger partial charge in [0, 0.05) is 12.7 Å². The summed E-state index contributed by atoms with van der Waals surface area (Å²) < 4.78 is 0. The van der Waals surface area contributed by atoms with E-state index in [0.717, 1.165) is 19.3 Å². The van der Waals surface area contributed by atoms with E-state index < -0.39 is 12.0 Å². The predicted octanol–water partition coefficient (Wildman–Crippen LogP) is 2.86. The van der Waals surface area contributed by atoms with Gasteiger partial charge in [-0.05, 0) is 18.9 Å². The third kappa shape index (κ3) is 3.22. The maximum Gasteiger partial charge on any atom is 0.326 e. The number of aromatic nitrogens is 1. The largest absolute Gasteiger partial charge is 0.480 e. The van der Waals surface area contributed by atoms with Crippen molar-refractivity contribution in [3.05, 3.63) is 28.0 Å². The third-order valence-electron chi connectivity index (χ3n) is 3.34. The van der Waals surface area contributed by atoms with Crippen LogP contribution in [0.3, 0.4) is 0 Å². The molecule has 7 heteroatoms. The first-order valence-electron chi connectivity index (χ1n) is 6.35. The maximum absolute atomic E-state index is 12.5. The fraction of sp³-hybridized carbons (Fsp3) is 0.462. The molecule has 0 saturated carbocycles. The molecule has 1 aliphatic heterocycles. The van der Waals surface area contributed by atoms with E-state index in [4.69, 9.17) is 23.2 Å². The predicted molar refractivity (Wildman–Crippen MR) is 75.2 cm³/mol. The maximum atomic E-state index is 12.5. The van der Waals surface area contributed by atoms with Crippen LogP contribution in [-0.4, -0.2) is 39.5 Å². The highest BCUT2D eigenvalue weighted by atomic mass is 35.5. The van der Waals surface area contributed by atoms with Gasteiger partial charge in [0.15, 0.2) is 0 Å². The fourth-order valence-electron chi connectivity index (χ4n) is 2.31. The van der Waals surface area contributed by atoms with Gasteiger partial charge in [-0.25, -0.2) is 9.78 Å². The summed E-state index contributed by atoms with van der Waals surface area (Å²) in [4.78, 5) is 29.0. The first-order chi connectivity index (χ1) is 9.50. The fourth-order valence-corrected chi connectivity index (χ4v) is 2.58. The van der Waals surface area contributed by atoms with Gasteiger partial charge >= 0.3 is 5.97 Å². The van der Waals surface area contributed by atoms with Crippen LogP contribution in [0.1, 0.15) is 36.0 Å².